The van der Waals surface area contributed by atoms with E-state index in [0.717, 1.165) is 25.5 Å². The average molecular weight is 287 g/mol. The molecule has 1 fully saturated rings. The molecule has 2 amide bonds. The average Bonchev–Trinajstić information content (AvgIpc) is 2.79. The van der Waals surface area contributed by atoms with Crippen LogP contribution in [0.15, 0.2) is 30.3 Å². The van der Waals surface area contributed by atoms with Gasteiger partial charge in [0, 0.05) is 12.3 Å². The fourth-order valence-corrected chi connectivity index (χ4v) is 2.83. The summed E-state index contributed by atoms with van der Waals surface area (Å²) in [6.07, 6.45) is 4.71. The van der Waals surface area contributed by atoms with Gasteiger partial charge >= 0.3 is 0 Å². The predicted octanol–water partition coefficient (Wildman–Crippen LogP) is 2.96. The molecule has 4 heteroatoms. The molecule has 0 aliphatic carbocycles. The first-order valence-corrected chi connectivity index (χ1v) is 7.56. The summed E-state index contributed by atoms with van der Waals surface area (Å²) in [7, 11) is 0. The molecule has 2 rings (SSSR count). The number of carbonyl (C=O) groups is 3. The van der Waals surface area contributed by atoms with Crippen LogP contribution < -0.4 is 4.90 Å². The summed E-state index contributed by atoms with van der Waals surface area (Å²) in [6, 6.07) is 8.91. The number of para-hydroxylation sites is 1. The van der Waals surface area contributed by atoms with Crippen molar-refractivity contribution < 1.29 is 14.4 Å². The molecular weight excluding hydrogens is 266 g/mol. The fourth-order valence-electron chi connectivity index (χ4n) is 2.83. The third kappa shape index (κ3) is 3.38. The Morgan fingerprint density at radius 3 is 2.57 bits per heavy atom. The van der Waals surface area contributed by atoms with Gasteiger partial charge in [-0.3, -0.25) is 14.5 Å². The molecule has 0 bridgehead atoms. The van der Waals surface area contributed by atoms with Gasteiger partial charge in [-0.2, -0.15) is 0 Å². The second kappa shape index (κ2) is 7.16. The van der Waals surface area contributed by atoms with Gasteiger partial charge in [-0.05, 0) is 18.6 Å². The Kier molecular flexibility index (Phi) is 5.26. The second-order valence-electron chi connectivity index (χ2n) is 5.51. The summed E-state index contributed by atoms with van der Waals surface area (Å²) in [5, 5.41) is 0. The molecule has 0 saturated carbocycles. The molecule has 0 radical (unpaired) electrons. The molecule has 112 valence electrons. The zero-order valence-electron chi connectivity index (χ0n) is 12.3. The van der Waals surface area contributed by atoms with Gasteiger partial charge in [0.2, 0.25) is 11.8 Å². The number of hydrogen-bond donors (Lipinski definition) is 0. The maximum Gasteiger partial charge on any atom is 0.238 e. The summed E-state index contributed by atoms with van der Waals surface area (Å²) in [5.74, 6) is -1.29. The molecular formula is C17H21NO3. The highest BCUT2D eigenvalue weighted by Crippen LogP contribution is 2.32. The number of rotatable bonds is 7. The third-order valence-corrected chi connectivity index (χ3v) is 4.03. The van der Waals surface area contributed by atoms with Crippen LogP contribution in [0.4, 0.5) is 5.69 Å². The maximum absolute atomic E-state index is 12.5. The molecule has 1 heterocycles. The topological polar surface area (TPSA) is 54.5 Å². The lowest BCUT2D eigenvalue weighted by Gasteiger charge is -2.18. The van der Waals surface area contributed by atoms with Crippen molar-refractivity contribution in [1.29, 1.82) is 0 Å². The maximum atomic E-state index is 12.5. The first-order chi connectivity index (χ1) is 10.2. The van der Waals surface area contributed by atoms with Gasteiger partial charge in [-0.15, -0.1) is 0 Å². The van der Waals surface area contributed by atoms with E-state index in [1.807, 2.05) is 6.07 Å². The lowest BCUT2D eigenvalue weighted by atomic mass is 9.87. The standard InChI is InChI=1S/C17H21NO3/c1-2-3-5-8-13(12-19)15-11-16(20)18(17(15)21)14-9-6-4-7-10-14/h4,6-7,9-10,12-13,15H,2-3,5,8,11H2,1H3/t13-,15-/m0/s1. The van der Waals surface area contributed by atoms with Crippen LogP contribution in [0.3, 0.4) is 0 Å². The number of unbranched alkanes of at least 4 members (excludes halogenated alkanes) is 2. The minimum absolute atomic E-state index is 0.142. The van der Waals surface area contributed by atoms with Crippen molar-refractivity contribution in [2.45, 2.75) is 39.0 Å². The lowest BCUT2D eigenvalue weighted by molar-refractivity contribution is -0.125. The van der Waals surface area contributed by atoms with E-state index in [1.165, 1.54) is 4.90 Å². The summed E-state index contributed by atoms with van der Waals surface area (Å²) in [6.45, 7) is 2.09. The zero-order chi connectivity index (χ0) is 15.2. The Bertz CT molecular complexity index is 512. The van der Waals surface area contributed by atoms with Gasteiger partial charge < -0.3 is 4.79 Å². The number of benzene rings is 1. The van der Waals surface area contributed by atoms with Gasteiger partial charge in [0.25, 0.3) is 0 Å². The van der Waals surface area contributed by atoms with Gasteiger partial charge in [-0.1, -0.05) is 44.4 Å². The molecule has 1 aromatic carbocycles. The van der Waals surface area contributed by atoms with Crippen molar-refractivity contribution in [3.63, 3.8) is 0 Å². The van der Waals surface area contributed by atoms with E-state index in [4.69, 9.17) is 0 Å². The van der Waals surface area contributed by atoms with E-state index in [0.29, 0.717) is 12.1 Å². The number of imide groups is 1. The van der Waals surface area contributed by atoms with E-state index in [-0.39, 0.29) is 24.2 Å². The highest BCUT2D eigenvalue weighted by Gasteiger charge is 2.43. The summed E-state index contributed by atoms with van der Waals surface area (Å²) in [5.41, 5.74) is 0.591. The van der Waals surface area contributed by atoms with Crippen molar-refractivity contribution in [2.24, 2.45) is 11.8 Å². The van der Waals surface area contributed by atoms with Crippen molar-refractivity contribution in [2.75, 3.05) is 4.90 Å². The van der Waals surface area contributed by atoms with E-state index >= 15 is 0 Å². The first kappa shape index (κ1) is 15.4. The predicted molar refractivity (Wildman–Crippen MR) is 80.7 cm³/mol. The van der Waals surface area contributed by atoms with Crippen molar-refractivity contribution >= 4 is 23.8 Å². The summed E-state index contributed by atoms with van der Waals surface area (Å²) >= 11 is 0. The third-order valence-electron chi connectivity index (χ3n) is 4.03. The highest BCUT2D eigenvalue weighted by atomic mass is 16.2. The van der Waals surface area contributed by atoms with Gasteiger partial charge in [0.15, 0.2) is 0 Å². The highest BCUT2D eigenvalue weighted by molar-refractivity contribution is 6.21. The van der Waals surface area contributed by atoms with Crippen LogP contribution in [-0.2, 0) is 14.4 Å². The molecule has 1 aliphatic rings. The monoisotopic (exact) mass is 287 g/mol. The van der Waals surface area contributed by atoms with Crippen LogP contribution in [0.2, 0.25) is 0 Å². The van der Waals surface area contributed by atoms with Crippen LogP contribution in [0.1, 0.15) is 39.0 Å². The SMILES string of the molecule is CCCCC[C@@H](C=O)[C@@H]1CC(=O)N(c2ccccc2)C1=O. The van der Waals surface area contributed by atoms with Gasteiger partial charge in [0.05, 0.1) is 11.6 Å². The van der Waals surface area contributed by atoms with E-state index in [2.05, 4.69) is 6.92 Å². The van der Waals surface area contributed by atoms with Crippen molar-refractivity contribution in [3.05, 3.63) is 30.3 Å². The Morgan fingerprint density at radius 1 is 1.24 bits per heavy atom. The molecule has 0 spiro atoms. The quantitative estimate of drug-likeness (QED) is 0.440. The van der Waals surface area contributed by atoms with Crippen LogP contribution >= 0.6 is 0 Å². The lowest BCUT2D eigenvalue weighted by Crippen LogP contribution is -2.32. The minimum Gasteiger partial charge on any atom is -0.303 e. The molecule has 2 atom stereocenters. The molecule has 1 aliphatic heterocycles. The number of nitrogens with zero attached hydrogens (tertiary/aromatic N) is 1. The number of hydrogen-bond acceptors (Lipinski definition) is 3. The molecule has 0 unspecified atom stereocenters. The molecule has 1 saturated heterocycles. The minimum atomic E-state index is -0.493. The van der Waals surface area contributed by atoms with Crippen LogP contribution in [-0.4, -0.2) is 18.1 Å². The van der Waals surface area contributed by atoms with E-state index in [9.17, 15) is 14.4 Å². The van der Waals surface area contributed by atoms with Gasteiger partial charge in [0.1, 0.15) is 6.29 Å². The van der Waals surface area contributed by atoms with Crippen molar-refractivity contribution in [3.8, 4) is 0 Å². The second-order valence-corrected chi connectivity index (χ2v) is 5.51. The molecule has 0 N–H and O–H groups in total. The fraction of sp³-hybridized carbons (Fsp3) is 0.471. The molecule has 21 heavy (non-hydrogen) atoms. The number of amides is 2. The summed E-state index contributed by atoms with van der Waals surface area (Å²) < 4.78 is 0. The Labute approximate surface area is 125 Å². The van der Waals surface area contributed by atoms with E-state index < -0.39 is 5.92 Å². The Balaban J connectivity index is 2.11. The number of aldehydes is 1. The largest absolute Gasteiger partial charge is 0.303 e. The zero-order valence-corrected chi connectivity index (χ0v) is 12.3. The smallest absolute Gasteiger partial charge is 0.238 e. The Morgan fingerprint density at radius 2 is 1.95 bits per heavy atom. The number of anilines is 1. The normalized spacial score (nSPS) is 19.9. The van der Waals surface area contributed by atoms with Crippen LogP contribution in [0.5, 0.6) is 0 Å². The van der Waals surface area contributed by atoms with E-state index in [1.54, 1.807) is 24.3 Å². The first-order valence-electron chi connectivity index (χ1n) is 7.56. The number of carbonyl (C=O) groups excluding carboxylic acids is 3. The van der Waals surface area contributed by atoms with Crippen LogP contribution in [0.25, 0.3) is 0 Å². The molecule has 1 aromatic rings. The van der Waals surface area contributed by atoms with Gasteiger partial charge in [-0.25, -0.2) is 0 Å². The molecule has 0 aromatic heterocycles. The molecule has 4 nitrogen and oxygen atoms in total. The van der Waals surface area contributed by atoms with Crippen LogP contribution in [0, 0.1) is 11.8 Å². The Hall–Kier alpha value is -1.97. The summed E-state index contributed by atoms with van der Waals surface area (Å²) in [4.78, 5) is 37.2. The van der Waals surface area contributed by atoms with Crippen molar-refractivity contribution in [1.82, 2.24) is 0 Å².